The molecule has 4 rings (SSSR count). The molecule has 138 valence electrons. The van der Waals surface area contributed by atoms with Crippen LogP contribution in [0.5, 0.6) is 0 Å². The second kappa shape index (κ2) is 7.66. The molecule has 7 heteroatoms. The van der Waals surface area contributed by atoms with E-state index in [2.05, 4.69) is 9.88 Å². The third kappa shape index (κ3) is 3.96. The third-order valence-corrected chi connectivity index (χ3v) is 5.68. The molecule has 0 aliphatic carbocycles. The molecule has 0 saturated carbocycles. The number of anilines is 1. The Kier molecular flexibility index (Phi) is 5.09. The summed E-state index contributed by atoms with van der Waals surface area (Å²) in [5.74, 6) is -0.252. The largest absolute Gasteiger partial charge is 0.345 e. The van der Waals surface area contributed by atoms with E-state index in [1.807, 2.05) is 10.3 Å². The normalized spacial score (nSPS) is 14.4. The highest BCUT2D eigenvalue weighted by Gasteiger charge is 2.24. The number of benzene rings is 2. The van der Waals surface area contributed by atoms with E-state index in [1.54, 1.807) is 47.7 Å². The van der Waals surface area contributed by atoms with Crippen LogP contribution in [0, 0.1) is 5.82 Å². The zero-order chi connectivity index (χ0) is 18.8. The highest BCUT2D eigenvalue weighted by molar-refractivity contribution is 7.14. The first-order valence-corrected chi connectivity index (χ1v) is 9.87. The summed E-state index contributed by atoms with van der Waals surface area (Å²) in [5, 5.41) is 3.46. The number of amides is 1. The van der Waals surface area contributed by atoms with Gasteiger partial charge in [0.15, 0.2) is 5.13 Å². The van der Waals surface area contributed by atoms with E-state index in [0.717, 1.165) is 29.5 Å². The number of halogens is 2. The first-order valence-electron chi connectivity index (χ1n) is 8.61. The molecule has 0 N–H and O–H groups in total. The maximum Gasteiger partial charge on any atom is 0.254 e. The third-order valence-electron chi connectivity index (χ3n) is 4.54. The summed E-state index contributed by atoms with van der Waals surface area (Å²) >= 11 is 7.55. The second-order valence-electron chi connectivity index (χ2n) is 6.31. The van der Waals surface area contributed by atoms with E-state index in [9.17, 15) is 9.18 Å². The van der Waals surface area contributed by atoms with E-state index in [0.29, 0.717) is 23.7 Å². The Morgan fingerprint density at radius 1 is 1.07 bits per heavy atom. The van der Waals surface area contributed by atoms with Crippen molar-refractivity contribution in [3.8, 4) is 11.3 Å². The Hall–Kier alpha value is -2.44. The number of thiazole rings is 1. The van der Waals surface area contributed by atoms with Gasteiger partial charge < -0.3 is 9.80 Å². The topological polar surface area (TPSA) is 36.4 Å². The maximum absolute atomic E-state index is 13.1. The molecule has 1 aliphatic rings. The number of hydrogen-bond donors (Lipinski definition) is 0. The van der Waals surface area contributed by atoms with Crippen molar-refractivity contribution in [1.82, 2.24) is 9.88 Å². The first kappa shape index (κ1) is 17.9. The van der Waals surface area contributed by atoms with Crippen molar-refractivity contribution < 1.29 is 9.18 Å². The number of rotatable bonds is 3. The van der Waals surface area contributed by atoms with E-state index in [4.69, 9.17) is 11.6 Å². The Morgan fingerprint density at radius 3 is 2.52 bits per heavy atom. The summed E-state index contributed by atoms with van der Waals surface area (Å²) < 4.78 is 13.1. The lowest BCUT2D eigenvalue weighted by Crippen LogP contribution is -2.48. The Labute approximate surface area is 165 Å². The van der Waals surface area contributed by atoms with E-state index in [-0.39, 0.29) is 11.7 Å². The second-order valence-corrected chi connectivity index (χ2v) is 7.58. The van der Waals surface area contributed by atoms with Gasteiger partial charge in [-0.25, -0.2) is 9.37 Å². The van der Waals surface area contributed by atoms with Gasteiger partial charge in [-0.05, 0) is 42.5 Å². The molecule has 1 fully saturated rings. The highest BCUT2D eigenvalue weighted by atomic mass is 35.5. The van der Waals surface area contributed by atoms with Crippen LogP contribution in [0.4, 0.5) is 9.52 Å². The minimum atomic E-state index is -0.255. The number of piperazine rings is 1. The van der Waals surface area contributed by atoms with Gasteiger partial charge >= 0.3 is 0 Å². The molecular weight excluding hydrogens is 385 g/mol. The molecule has 2 aromatic carbocycles. The van der Waals surface area contributed by atoms with Gasteiger partial charge in [0, 0.05) is 47.7 Å². The zero-order valence-corrected chi connectivity index (χ0v) is 16.0. The molecule has 27 heavy (non-hydrogen) atoms. The molecule has 0 unspecified atom stereocenters. The molecule has 1 aromatic heterocycles. The smallest absolute Gasteiger partial charge is 0.254 e. The number of hydrogen-bond acceptors (Lipinski definition) is 4. The van der Waals surface area contributed by atoms with Crippen molar-refractivity contribution in [2.75, 3.05) is 31.1 Å². The van der Waals surface area contributed by atoms with Gasteiger partial charge in [-0.1, -0.05) is 17.7 Å². The molecule has 0 radical (unpaired) electrons. The molecule has 4 nitrogen and oxygen atoms in total. The number of carbonyl (C=O) groups excluding carboxylic acids is 1. The average Bonchev–Trinajstić information content (AvgIpc) is 3.18. The summed E-state index contributed by atoms with van der Waals surface area (Å²) in [5.41, 5.74) is 2.35. The number of aromatic nitrogens is 1. The van der Waals surface area contributed by atoms with Crippen LogP contribution in [0.25, 0.3) is 11.3 Å². The predicted molar refractivity (Wildman–Crippen MR) is 107 cm³/mol. The van der Waals surface area contributed by atoms with Gasteiger partial charge in [-0.3, -0.25) is 4.79 Å². The molecule has 0 atom stereocenters. The van der Waals surface area contributed by atoms with Crippen LogP contribution in [0.3, 0.4) is 0 Å². The SMILES string of the molecule is O=C(c1cccc(Cl)c1)N1CCN(c2nc(-c3ccc(F)cc3)cs2)CC1. The maximum atomic E-state index is 13.1. The first-order chi connectivity index (χ1) is 13.1. The lowest BCUT2D eigenvalue weighted by Gasteiger charge is -2.34. The Balaban J connectivity index is 1.41. The molecule has 0 spiro atoms. The quantitative estimate of drug-likeness (QED) is 0.645. The summed E-state index contributed by atoms with van der Waals surface area (Å²) in [4.78, 5) is 21.3. The average molecular weight is 402 g/mol. The van der Waals surface area contributed by atoms with Crippen molar-refractivity contribution in [2.45, 2.75) is 0 Å². The van der Waals surface area contributed by atoms with Crippen LogP contribution >= 0.6 is 22.9 Å². The Bertz CT molecular complexity index is 952. The van der Waals surface area contributed by atoms with Crippen molar-refractivity contribution in [3.05, 3.63) is 70.3 Å². The standard InChI is InChI=1S/C20H17ClFN3OS/c21-16-3-1-2-15(12-16)19(26)24-8-10-25(11-9-24)20-23-18(13-27-20)14-4-6-17(22)7-5-14/h1-7,12-13H,8-11H2. The lowest BCUT2D eigenvalue weighted by molar-refractivity contribution is 0.0747. The lowest BCUT2D eigenvalue weighted by atomic mass is 10.2. The van der Waals surface area contributed by atoms with Crippen molar-refractivity contribution in [3.63, 3.8) is 0 Å². The van der Waals surface area contributed by atoms with Crippen LogP contribution in [-0.2, 0) is 0 Å². The fourth-order valence-corrected chi connectivity index (χ4v) is 4.15. The molecular formula is C20H17ClFN3OS. The van der Waals surface area contributed by atoms with Crippen molar-refractivity contribution in [2.24, 2.45) is 0 Å². The van der Waals surface area contributed by atoms with Gasteiger partial charge in [-0.2, -0.15) is 0 Å². The molecule has 1 amide bonds. The predicted octanol–water partition coefficient (Wildman–Crippen LogP) is 4.57. The fourth-order valence-electron chi connectivity index (χ4n) is 3.07. The summed E-state index contributed by atoms with van der Waals surface area (Å²) in [6, 6.07) is 13.4. The van der Waals surface area contributed by atoms with Gasteiger partial charge in [0.1, 0.15) is 5.82 Å². The van der Waals surface area contributed by atoms with Gasteiger partial charge in [0.25, 0.3) is 5.91 Å². The zero-order valence-electron chi connectivity index (χ0n) is 14.4. The van der Waals surface area contributed by atoms with Gasteiger partial charge in [-0.15, -0.1) is 11.3 Å². The van der Waals surface area contributed by atoms with E-state index >= 15 is 0 Å². The fraction of sp³-hybridized carbons (Fsp3) is 0.200. The molecule has 1 saturated heterocycles. The van der Waals surface area contributed by atoms with Crippen LogP contribution in [0.2, 0.25) is 5.02 Å². The van der Waals surface area contributed by atoms with Gasteiger partial charge in [0.2, 0.25) is 0 Å². The van der Waals surface area contributed by atoms with Crippen LogP contribution in [0.15, 0.2) is 53.9 Å². The summed E-state index contributed by atoms with van der Waals surface area (Å²) in [6.45, 7) is 2.72. The molecule has 3 aromatic rings. The van der Waals surface area contributed by atoms with Gasteiger partial charge in [0.05, 0.1) is 5.69 Å². The number of carbonyl (C=O) groups is 1. The van der Waals surface area contributed by atoms with Crippen LogP contribution in [0.1, 0.15) is 10.4 Å². The molecule has 1 aliphatic heterocycles. The van der Waals surface area contributed by atoms with Crippen LogP contribution in [-0.4, -0.2) is 42.0 Å². The Morgan fingerprint density at radius 2 is 1.81 bits per heavy atom. The number of nitrogens with zero attached hydrogens (tertiary/aromatic N) is 3. The summed E-state index contributed by atoms with van der Waals surface area (Å²) in [7, 11) is 0. The van der Waals surface area contributed by atoms with E-state index < -0.39 is 0 Å². The monoisotopic (exact) mass is 401 g/mol. The minimum absolute atomic E-state index is 0.00305. The molecule has 0 bridgehead atoms. The van der Waals surface area contributed by atoms with Crippen molar-refractivity contribution in [1.29, 1.82) is 0 Å². The van der Waals surface area contributed by atoms with Crippen molar-refractivity contribution >= 4 is 34.0 Å². The summed E-state index contributed by atoms with van der Waals surface area (Å²) in [6.07, 6.45) is 0. The van der Waals surface area contributed by atoms with E-state index in [1.165, 1.54) is 12.1 Å². The molecule has 2 heterocycles. The van der Waals surface area contributed by atoms with Crippen LogP contribution < -0.4 is 4.90 Å². The highest BCUT2D eigenvalue weighted by Crippen LogP contribution is 2.28. The minimum Gasteiger partial charge on any atom is -0.345 e.